The van der Waals surface area contributed by atoms with Crippen molar-refractivity contribution in [2.45, 2.75) is 25.8 Å². The van der Waals surface area contributed by atoms with E-state index in [4.69, 9.17) is 5.11 Å². The van der Waals surface area contributed by atoms with Crippen LogP contribution in [0.3, 0.4) is 0 Å². The summed E-state index contributed by atoms with van der Waals surface area (Å²) in [5, 5.41) is 12.5. The van der Waals surface area contributed by atoms with Crippen LogP contribution in [0.1, 0.15) is 24.8 Å². The van der Waals surface area contributed by atoms with Crippen LogP contribution >= 0.6 is 0 Å². The first-order valence-electron chi connectivity index (χ1n) is 5.42. The van der Waals surface area contributed by atoms with E-state index in [2.05, 4.69) is 5.10 Å². The number of amides is 1. The van der Waals surface area contributed by atoms with Gasteiger partial charge in [-0.15, -0.1) is 0 Å². The molecule has 1 rings (SSSR count). The fourth-order valence-corrected chi connectivity index (χ4v) is 1.50. The number of carbonyl (C=O) groups excluding carboxylic acids is 1. The van der Waals surface area contributed by atoms with Gasteiger partial charge in [-0.05, 0) is 6.42 Å². The van der Waals surface area contributed by atoms with Crippen molar-refractivity contribution in [2.24, 2.45) is 7.05 Å². The quantitative estimate of drug-likeness (QED) is 0.790. The van der Waals surface area contributed by atoms with E-state index in [9.17, 15) is 9.59 Å². The van der Waals surface area contributed by atoms with E-state index in [1.165, 1.54) is 0 Å². The molecule has 1 N–H and O–H groups in total. The molecule has 0 radical (unpaired) electrons. The zero-order valence-corrected chi connectivity index (χ0v) is 10.1. The first-order valence-corrected chi connectivity index (χ1v) is 5.42. The summed E-state index contributed by atoms with van der Waals surface area (Å²) in [5.74, 6) is -0.914. The Morgan fingerprint density at radius 3 is 2.71 bits per heavy atom. The maximum Gasteiger partial charge on any atom is 0.303 e. The number of hydrogen-bond acceptors (Lipinski definition) is 3. The van der Waals surface area contributed by atoms with Gasteiger partial charge in [-0.2, -0.15) is 5.10 Å². The fourth-order valence-electron chi connectivity index (χ4n) is 1.50. The molecule has 0 spiro atoms. The van der Waals surface area contributed by atoms with Crippen molar-refractivity contribution in [3.8, 4) is 0 Å². The minimum absolute atomic E-state index is 0.0342. The molecule has 0 fully saturated rings. The highest BCUT2D eigenvalue weighted by Gasteiger charge is 2.10. The van der Waals surface area contributed by atoms with Crippen molar-refractivity contribution in [1.82, 2.24) is 14.7 Å². The molecule has 6 nitrogen and oxygen atoms in total. The Hall–Kier alpha value is -1.85. The van der Waals surface area contributed by atoms with Crippen LogP contribution in [0.5, 0.6) is 0 Å². The molecule has 0 saturated heterocycles. The van der Waals surface area contributed by atoms with Crippen LogP contribution in [-0.4, -0.2) is 38.7 Å². The lowest BCUT2D eigenvalue weighted by Crippen LogP contribution is -2.25. The van der Waals surface area contributed by atoms with Gasteiger partial charge in [-0.1, -0.05) is 0 Å². The number of carboxylic acid groups (broad SMARTS) is 1. The third kappa shape index (κ3) is 4.67. The zero-order valence-electron chi connectivity index (χ0n) is 10.1. The Labute approximate surface area is 99.8 Å². The van der Waals surface area contributed by atoms with Crippen molar-refractivity contribution in [3.63, 3.8) is 0 Å². The normalized spacial score (nSPS) is 10.2. The van der Waals surface area contributed by atoms with E-state index >= 15 is 0 Å². The first-order chi connectivity index (χ1) is 7.99. The van der Waals surface area contributed by atoms with Crippen LogP contribution in [-0.2, 0) is 23.2 Å². The van der Waals surface area contributed by atoms with Crippen LogP contribution in [0.15, 0.2) is 12.4 Å². The minimum atomic E-state index is -0.868. The van der Waals surface area contributed by atoms with Gasteiger partial charge in [-0.3, -0.25) is 14.3 Å². The number of aromatic nitrogens is 2. The van der Waals surface area contributed by atoms with Crippen LogP contribution in [0, 0.1) is 0 Å². The lowest BCUT2D eigenvalue weighted by atomic mass is 10.2. The highest BCUT2D eigenvalue weighted by molar-refractivity contribution is 5.76. The van der Waals surface area contributed by atoms with Gasteiger partial charge in [0.25, 0.3) is 0 Å². The summed E-state index contributed by atoms with van der Waals surface area (Å²) in [4.78, 5) is 23.5. The average Bonchev–Trinajstić information content (AvgIpc) is 2.63. The van der Waals surface area contributed by atoms with Gasteiger partial charge in [0.1, 0.15) is 0 Å². The summed E-state index contributed by atoms with van der Waals surface area (Å²) in [5.41, 5.74) is 0.960. The molecule has 1 heterocycles. The standard InChI is InChI=1S/C11H17N3O3/c1-13(7-9-6-12-14(2)8-9)10(15)4-3-5-11(16)17/h6,8H,3-5,7H2,1-2H3,(H,16,17). The fraction of sp³-hybridized carbons (Fsp3) is 0.545. The molecule has 17 heavy (non-hydrogen) atoms. The second kappa shape index (κ2) is 6.03. The molecule has 0 aromatic carbocycles. The van der Waals surface area contributed by atoms with E-state index in [0.29, 0.717) is 13.0 Å². The van der Waals surface area contributed by atoms with E-state index < -0.39 is 5.97 Å². The van der Waals surface area contributed by atoms with Gasteiger partial charge >= 0.3 is 5.97 Å². The third-order valence-corrected chi connectivity index (χ3v) is 2.39. The predicted octanol–water partition coefficient (Wildman–Crippen LogP) is 0.633. The molecule has 0 aliphatic heterocycles. The number of aryl methyl sites for hydroxylation is 1. The Bertz CT molecular complexity index is 400. The maximum atomic E-state index is 11.6. The van der Waals surface area contributed by atoms with E-state index in [1.54, 1.807) is 22.8 Å². The summed E-state index contributed by atoms with van der Waals surface area (Å²) in [6.07, 6.45) is 4.24. The van der Waals surface area contributed by atoms with E-state index in [0.717, 1.165) is 5.56 Å². The Morgan fingerprint density at radius 1 is 1.47 bits per heavy atom. The second-order valence-electron chi connectivity index (χ2n) is 4.02. The molecule has 1 aromatic heterocycles. The molecule has 0 aliphatic carbocycles. The van der Waals surface area contributed by atoms with Gasteiger partial charge in [0.15, 0.2) is 0 Å². The zero-order chi connectivity index (χ0) is 12.8. The number of carbonyl (C=O) groups is 2. The monoisotopic (exact) mass is 239 g/mol. The van der Waals surface area contributed by atoms with Crippen LogP contribution in [0.25, 0.3) is 0 Å². The highest BCUT2D eigenvalue weighted by atomic mass is 16.4. The Kier molecular flexibility index (Phi) is 4.68. The van der Waals surface area contributed by atoms with E-state index in [-0.39, 0.29) is 18.7 Å². The minimum Gasteiger partial charge on any atom is -0.481 e. The Morgan fingerprint density at radius 2 is 2.18 bits per heavy atom. The van der Waals surface area contributed by atoms with Crippen molar-refractivity contribution < 1.29 is 14.7 Å². The van der Waals surface area contributed by atoms with Crippen LogP contribution in [0.4, 0.5) is 0 Å². The van der Waals surface area contributed by atoms with Crippen LogP contribution in [0.2, 0.25) is 0 Å². The smallest absolute Gasteiger partial charge is 0.303 e. The number of hydrogen-bond donors (Lipinski definition) is 1. The molecule has 0 aliphatic rings. The molecular formula is C11H17N3O3. The summed E-state index contributed by atoms with van der Waals surface area (Å²) < 4.78 is 1.68. The summed E-state index contributed by atoms with van der Waals surface area (Å²) in [6, 6.07) is 0. The van der Waals surface area contributed by atoms with Crippen molar-refractivity contribution >= 4 is 11.9 Å². The van der Waals surface area contributed by atoms with Gasteiger partial charge in [-0.25, -0.2) is 0 Å². The van der Waals surface area contributed by atoms with Gasteiger partial charge in [0.2, 0.25) is 5.91 Å². The molecule has 0 saturated carbocycles. The maximum absolute atomic E-state index is 11.6. The summed E-state index contributed by atoms with van der Waals surface area (Å²) >= 11 is 0. The number of rotatable bonds is 6. The van der Waals surface area contributed by atoms with Gasteiger partial charge in [0.05, 0.1) is 6.20 Å². The Balaban J connectivity index is 2.34. The molecule has 1 amide bonds. The van der Waals surface area contributed by atoms with Crippen molar-refractivity contribution in [3.05, 3.63) is 18.0 Å². The third-order valence-electron chi connectivity index (χ3n) is 2.39. The summed E-state index contributed by atoms with van der Waals surface area (Å²) in [7, 11) is 3.52. The SMILES string of the molecule is CN(Cc1cnn(C)c1)C(=O)CCCC(=O)O. The number of nitrogens with zero attached hydrogens (tertiary/aromatic N) is 3. The predicted molar refractivity (Wildman–Crippen MR) is 61.2 cm³/mol. The lowest BCUT2D eigenvalue weighted by Gasteiger charge is -2.15. The molecule has 0 unspecified atom stereocenters. The molecule has 6 heteroatoms. The lowest BCUT2D eigenvalue weighted by molar-refractivity contribution is -0.137. The topological polar surface area (TPSA) is 75.4 Å². The number of aliphatic carboxylic acids is 1. The highest BCUT2D eigenvalue weighted by Crippen LogP contribution is 2.05. The molecule has 0 atom stereocenters. The molecular weight excluding hydrogens is 222 g/mol. The van der Waals surface area contributed by atoms with Gasteiger partial charge in [0, 0.05) is 45.2 Å². The van der Waals surface area contributed by atoms with Crippen molar-refractivity contribution in [1.29, 1.82) is 0 Å². The van der Waals surface area contributed by atoms with Crippen molar-refractivity contribution in [2.75, 3.05) is 7.05 Å². The van der Waals surface area contributed by atoms with E-state index in [1.807, 2.05) is 13.2 Å². The summed E-state index contributed by atoms with van der Waals surface area (Å²) in [6.45, 7) is 0.500. The van der Waals surface area contributed by atoms with Gasteiger partial charge < -0.3 is 10.0 Å². The molecule has 0 bridgehead atoms. The number of carboxylic acids is 1. The largest absolute Gasteiger partial charge is 0.481 e. The second-order valence-corrected chi connectivity index (χ2v) is 4.02. The van der Waals surface area contributed by atoms with Crippen LogP contribution < -0.4 is 0 Å². The average molecular weight is 239 g/mol. The first kappa shape index (κ1) is 13.2. The molecule has 94 valence electrons. The molecule has 1 aromatic rings.